The fourth-order valence-corrected chi connectivity index (χ4v) is 4.36. The molecular weight excluding hydrogens is 396 g/mol. The lowest BCUT2D eigenvalue weighted by molar-refractivity contribution is -0.136. The lowest BCUT2D eigenvalue weighted by atomic mass is 9.95. The van der Waals surface area contributed by atoms with Gasteiger partial charge in [-0.1, -0.05) is 25.1 Å². The number of carboxylic acids is 1. The zero-order valence-electron chi connectivity index (χ0n) is 17.3. The average Bonchev–Trinajstić information content (AvgIpc) is 3.21. The van der Waals surface area contributed by atoms with Gasteiger partial charge in [0, 0.05) is 18.2 Å². The molecule has 0 saturated carbocycles. The largest absolute Gasteiger partial charge is 0.490 e. The fraction of sp³-hybridized carbons (Fsp3) is 0.292. The molecule has 0 amide bonds. The summed E-state index contributed by atoms with van der Waals surface area (Å²) in [6, 6.07) is 13.8. The normalized spacial score (nSPS) is 10.8. The minimum atomic E-state index is -0.791. The lowest BCUT2D eigenvalue weighted by Gasteiger charge is -2.12. The van der Waals surface area contributed by atoms with E-state index in [1.54, 1.807) is 11.3 Å². The van der Waals surface area contributed by atoms with Gasteiger partial charge in [-0.2, -0.15) is 5.26 Å². The van der Waals surface area contributed by atoms with Crippen molar-refractivity contribution in [3.8, 4) is 32.8 Å². The van der Waals surface area contributed by atoms with E-state index in [1.807, 2.05) is 50.4 Å². The van der Waals surface area contributed by atoms with Crippen LogP contribution in [-0.2, 0) is 17.6 Å². The number of rotatable bonds is 8. The summed E-state index contributed by atoms with van der Waals surface area (Å²) in [5.41, 5.74) is 4.67. The van der Waals surface area contributed by atoms with E-state index in [0.29, 0.717) is 17.7 Å². The van der Waals surface area contributed by atoms with Gasteiger partial charge in [0.05, 0.1) is 16.5 Å². The van der Waals surface area contributed by atoms with E-state index in [0.717, 1.165) is 38.6 Å². The van der Waals surface area contributed by atoms with E-state index in [4.69, 9.17) is 9.84 Å². The summed E-state index contributed by atoms with van der Waals surface area (Å²) in [5, 5.41) is 19.3. The van der Waals surface area contributed by atoms with Gasteiger partial charge in [0.2, 0.25) is 0 Å². The Morgan fingerprint density at radius 3 is 2.77 bits per heavy atom. The fourth-order valence-electron chi connectivity index (χ4n) is 3.40. The van der Waals surface area contributed by atoms with Crippen LogP contribution in [0.25, 0.3) is 21.0 Å². The smallest absolute Gasteiger partial charge is 0.303 e. The molecule has 0 fully saturated rings. The van der Waals surface area contributed by atoms with Crippen molar-refractivity contribution < 1.29 is 14.6 Å². The van der Waals surface area contributed by atoms with Crippen molar-refractivity contribution in [2.75, 3.05) is 0 Å². The third-order valence-corrected chi connectivity index (χ3v) is 5.80. The number of benzene rings is 2. The van der Waals surface area contributed by atoms with E-state index in [9.17, 15) is 10.1 Å². The Hall–Kier alpha value is -3.17. The summed E-state index contributed by atoms with van der Waals surface area (Å²) in [6.45, 7) is 5.94. The number of nitrogens with zero attached hydrogens (tertiary/aromatic N) is 2. The minimum Gasteiger partial charge on any atom is -0.490 e. The van der Waals surface area contributed by atoms with Gasteiger partial charge in [-0.05, 0) is 61.6 Å². The Labute approximate surface area is 180 Å². The first-order chi connectivity index (χ1) is 14.4. The Balaban J connectivity index is 1.94. The second kappa shape index (κ2) is 9.55. The summed E-state index contributed by atoms with van der Waals surface area (Å²) in [7, 11) is 0. The SMILES string of the molecule is CCc1c(CCC(=O)O)cccc1-c1cnc(-c2ccc(OC(C)C)c(C#N)c2)s1. The standard InChI is InChI=1S/C24H24N2O3S/c1-4-19-16(9-11-23(27)28)6-5-7-20(19)22-14-26-24(30-22)17-8-10-21(29-15(2)3)18(12-17)13-25/h5-8,10,12,14-15H,4,9,11H2,1-3H3,(H,27,28). The van der Waals surface area contributed by atoms with Gasteiger partial charge in [-0.3, -0.25) is 4.79 Å². The number of carboxylic acid groups (broad SMARTS) is 1. The summed E-state index contributed by atoms with van der Waals surface area (Å²) >= 11 is 1.56. The third kappa shape index (κ3) is 4.87. The van der Waals surface area contributed by atoms with Crippen molar-refractivity contribution in [1.29, 1.82) is 5.26 Å². The maximum absolute atomic E-state index is 11.0. The maximum atomic E-state index is 11.0. The predicted octanol–water partition coefficient (Wildman–Crippen LogP) is 5.72. The van der Waals surface area contributed by atoms with Crippen LogP contribution >= 0.6 is 11.3 Å². The van der Waals surface area contributed by atoms with E-state index >= 15 is 0 Å². The minimum absolute atomic E-state index is 0.00437. The lowest BCUT2D eigenvalue weighted by Crippen LogP contribution is -2.06. The molecule has 0 radical (unpaired) electrons. The predicted molar refractivity (Wildman–Crippen MR) is 119 cm³/mol. The Bertz CT molecular complexity index is 1100. The van der Waals surface area contributed by atoms with Gasteiger partial charge in [-0.15, -0.1) is 11.3 Å². The highest BCUT2D eigenvalue weighted by Gasteiger charge is 2.15. The highest BCUT2D eigenvalue weighted by molar-refractivity contribution is 7.18. The number of nitriles is 1. The molecule has 3 aromatic rings. The summed E-state index contributed by atoms with van der Waals surface area (Å²) in [5.74, 6) is -0.215. The van der Waals surface area contributed by atoms with Crippen molar-refractivity contribution >= 4 is 17.3 Å². The summed E-state index contributed by atoms with van der Waals surface area (Å²) in [4.78, 5) is 16.6. The van der Waals surface area contributed by atoms with Crippen LogP contribution in [0.2, 0.25) is 0 Å². The molecule has 1 heterocycles. The monoisotopic (exact) mass is 420 g/mol. The van der Waals surface area contributed by atoms with Crippen LogP contribution in [-0.4, -0.2) is 22.2 Å². The summed E-state index contributed by atoms with van der Waals surface area (Å²) in [6.07, 6.45) is 3.29. The molecule has 2 aromatic carbocycles. The molecule has 0 saturated heterocycles. The molecule has 5 nitrogen and oxygen atoms in total. The molecule has 0 aliphatic carbocycles. The van der Waals surface area contributed by atoms with Crippen LogP contribution in [0.4, 0.5) is 0 Å². The second-order valence-electron chi connectivity index (χ2n) is 7.21. The first-order valence-electron chi connectivity index (χ1n) is 9.92. The molecule has 0 spiro atoms. The van der Waals surface area contributed by atoms with Gasteiger partial charge >= 0.3 is 5.97 Å². The molecule has 0 aliphatic heterocycles. The van der Waals surface area contributed by atoms with Crippen molar-refractivity contribution in [2.24, 2.45) is 0 Å². The van der Waals surface area contributed by atoms with Crippen LogP contribution in [0.3, 0.4) is 0 Å². The van der Waals surface area contributed by atoms with E-state index in [-0.39, 0.29) is 12.5 Å². The maximum Gasteiger partial charge on any atom is 0.303 e. The van der Waals surface area contributed by atoms with E-state index < -0.39 is 5.97 Å². The molecular formula is C24H24N2O3S. The molecule has 6 heteroatoms. The number of ether oxygens (including phenoxy) is 1. The first-order valence-corrected chi connectivity index (χ1v) is 10.7. The van der Waals surface area contributed by atoms with E-state index in [1.165, 1.54) is 0 Å². The highest BCUT2D eigenvalue weighted by atomic mass is 32.1. The number of hydrogen-bond donors (Lipinski definition) is 1. The van der Waals surface area contributed by atoms with Crippen LogP contribution < -0.4 is 4.74 Å². The Morgan fingerprint density at radius 2 is 2.10 bits per heavy atom. The molecule has 0 atom stereocenters. The van der Waals surface area contributed by atoms with Gasteiger partial charge in [0.25, 0.3) is 0 Å². The Kier molecular flexibility index (Phi) is 6.86. The van der Waals surface area contributed by atoms with Gasteiger partial charge in [0.15, 0.2) is 0 Å². The van der Waals surface area contributed by atoms with Crippen molar-refractivity contribution in [1.82, 2.24) is 4.98 Å². The molecule has 154 valence electrons. The average molecular weight is 421 g/mol. The molecule has 0 bridgehead atoms. The van der Waals surface area contributed by atoms with Crippen LogP contribution in [0.1, 0.15) is 43.9 Å². The highest BCUT2D eigenvalue weighted by Crippen LogP contribution is 2.36. The van der Waals surface area contributed by atoms with Gasteiger partial charge in [-0.25, -0.2) is 4.98 Å². The number of aryl methyl sites for hydroxylation is 1. The van der Waals surface area contributed by atoms with Gasteiger partial charge in [0.1, 0.15) is 16.8 Å². The number of hydrogen-bond acceptors (Lipinski definition) is 5. The van der Waals surface area contributed by atoms with Crippen LogP contribution in [0, 0.1) is 11.3 Å². The third-order valence-electron chi connectivity index (χ3n) is 4.72. The topological polar surface area (TPSA) is 83.2 Å². The van der Waals surface area contributed by atoms with Crippen LogP contribution in [0.5, 0.6) is 5.75 Å². The van der Waals surface area contributed by atoms with Crippen molar-refractivity contribution in [3.05, 3.63) is 59.3 Å². The molecule has 0 aliphatic rings. The molecule has 3 rings (SSSR count). The summed E-state index contributed by atoms with van der Waals surface area (Å²) < 4.78 is 5.70. The number of carbonyl (C=O) groups is 1. The van der Waals surface area contributed by atoms with Gasteiger partial charge < -0.3 is 9.84 Å². The van der Waals surface area contributed by atoms with Crippen molar-refractivity contribution in [2.45, 2.75) is 46.1 Å². The quantitative estimate of drug-likeness (QED) is 0.504. The Morgan fingerprint density at radius 1 is 1.30 bits per heavy atom. The molecule has 1 aromatic heterocycles. The first kappa shape index (κ1) is 21.5. The zero-order chi connectivity index (χ0) is 21.7. The number of thiazole rings is 1. The number of aliphatic carboxylic acids is 1. The van der Waals surface area contributed by atoms with Crippen LogP contribution in [0.15, 0.2) is 42.6 Å². The zero-order valence-corrected chi connectivity index (χ0v) is 18.1. The number of aromatic nitrogens is 1. The molecule has 0 unspecified atom stereocenters. The second-order valence-corrected chi connectivity index (χ2v) is 8.24. The van der Waals surface area contributed by atoms with E-state index in [2.05, 4.69) is 24.0 Å². The van der Waals surface area contributed by atoms with Crippen molar-refractivity contribution in [3.63, 3.8) is 0 Å². The molecule has 30 heavy (non-hydrogen) atoms. The molecule has 1 N–H and O–H groups in total.